The normalized spacial score (nSPS) is 7.50. The fraction of sp³-hybridized carbons (Fsp3) is 1.00. The second-order valence-electron chi connectivity index (χ2n) is 0.704. The first-order chi connectivity index (χ1) is 1.91. The molecular formula is C3H7Te. The molecule has 0 bridgehead atoms. The summed E-state index contributed by atoms with van der Waals surface area (Å²) in [4.78, 5) is 0. The summed E-state index contributed by atoms with van der Waals surface area (Å²) < 4.78 is 1.33. The second-order valence-corrected chi connectivity index (χ2v) is 1.87. The molecule has 4 heavy (non-hydrogen) atoms. The summed E-state index contributed by atoms with van der Waals surface area (Å²) in [7, 11) is 0. The molecule has 0 heterocycles. The van der Waals surface area contributed by atoms with Gasteiger partial charge in [0.05, 0.1) is 0 Å². The topological polar surface area (TPSA) is 0 Å². The molecule has 0 aromatic carbocycles. The Morgan fingerprint density at radius 1 is 1.75 bits per heavy atom. The summed E-state index contributed by atoms with van der Waals surface area (Å²) in [5.74, 6) is 0. The minimum atomic E-state index is 1.32. The molecule has 0 spiro atoms. The Morgan fingerprint density at radius 2 is 2.00 bits per heavy atom. The summed E-state index contributed by atoms with van der Waals surface area (Å²) in [5.41, 5.74) is 0. The van der Waals surface area contributed by atoms with Crippen LogP contribution in [0.1, 0.15) is 13.3 Å². The van der Waals surface area contributed by atoms with Gasteiger partial charge in [-0.05, 0) is 0 Å². The SMILES string of the molecule is CCC[Te]. The molecule has 0 aromatic rings. The number of hydrogen-bond acceptors (Lipinski definition) is 0. The van der Waals surface area contributed by atoms with Crippen LogP contribution >= 0.6 is 0 Å². The van der Waals surface area contributed by atoms with Crippen LogP contribution in [0, 0.1) is 0 Å². The predicted molar refractivity (Wildman–Crippen MR) is 20.9 cm³/mol. The molecule has 0 atom stereocenters. The molecule has 0 aliphatic rings. The Kier molecular flexibility index (Phi) is 4.54. The summed E-state index contributed by atoms with van der Waals surface area (Å²) >= 11 is 2.12. The van der Waals surface area contributed by atoms with Crippen molar-refractivity contribution in [1.29, 1.82) is 0 Å². The van der Waals surface area contributed by atoms with Gasteiger partial charge in [-0.1, -0.05) is 0 Å². The van der Waals surface area contributed by atoms with E-state index in [1.807, 2.05) is 0 Å². The molecule has 0 aliphatic heterocycles. The van der Waals surface area contributed by atoms with Gasteiger partial charge in [-0.2, -0.15) is 0 Å². The van der Waals surface area contributed by atoms with Gasteiger partial charge in [0.1, 0.15) is 0 Å². The summed E-state index contributed by atoms with van der Waals surface area (Å²) in [6, 6.07) is 0. The van der Waals surface area contributed by atoms with Gasteiger partial charge in [0.2, 0.25) is 0 Å². The van der Waals surface area contributed by atoms with Crippen LogP contribution in [-0.2, 0) is 0 Å². The van der Waals surface area contributed by atoms with Crippen molar-refractivity contribution in [2.45, 2.75) is 17.8 Å². The molecule has 0 aromatic heterocycles. The van der Waals surface area contributed by atoms with E-state index in [1.54, 1.807) is 0 Å². The first kappa shape index (κ1) is 4.79. The monoisotopic (exact) mass is 173 g/mol. The molecular weight excluding hydrogens is 164 g/mol. The summed E-state index contributed by atoms with van der Waals surface area (Å²) in [6.07, 6.45) is 1.32. The van der Waals surface area contributed by atoms with E-state index in [9.17, 15) is 0 Å². The van der Waals surface area contributed by atoms with Crippen LogP contribution < -0.4 is 0 Å². The fourth-order valence-electron chi connectivity index (χ4n) is 0. The van der Waals surface area contributed by atoms with E-state index in [2.05, 4.69) is 29.2 Å². The van der Waals surface area contributed by atoms with Crippen molar-refractivity contribution in [3.05, 3.63) is 0 Å². The Hall–Kier alpha value is 0.790. The van der Waals surface area contributed by atoms with Crippen LogP contribution in [0.25, 0.3) is 0 Å². The van der Waals surface area contributed by atoms with Gasteiger partial charge >= 0.3 is 40.1 Å². The third kappa shape index (κ3) is 2.79. The minimum absolute atomic E-state index is 1.32. The van der Waals surface area contributed by atoms with Gasteiger partial charge in [-0.3, -0.25) is 0 Å². The first-order valence-corrected chi connectivity index (χ1v) is 3.14. The van der Waals surface area contributed by atoms with Crippen molar-refractivity contribution in [2.24, 2.45) is 0 Å². The van der Waals surface area contributed by atoms with Gasteiger partial charge < -0.3 is 0 Å². The average Bonchev–Trinajstić information content (AvgIpc) is 1.37. The molecule has 0 aliphatic carbocycles. The maximum atomic E-state index is 2.18. The molecule has 25 valence electrons. The Bertz CT molecular complexity index is 5.25. The van der Waals surface area contributed by atoms with Gasteiger partial charge in [0.25, 0.3) is 0 Å². The van der Waals surface area contributed by atoms with Crippen molar-refractivity contribution < 1.29 is 0 Å². The molecule has 0 saturated heterocycles. The van der Waals surface area contributed by atoms with E-state index in [0.717, 1.165) is 0 Å². The van der Waals surface area contributed by atoms with Crippen LogP contribution in [0.3, 0.4) is 0 Å². The molecule has 1 heteroatoms. The van der Waals surface area contributed by atoms with Crippen molar-refractivity contribution in [3.63, 3.8) is 0 Å². The fourth-order valence-corrected chi connectivity index (χ4v) is 0. The third-order valence-electron chi connectivity index (χ3n) is 0.204. The van der Waals surface area contributed by atoms with Gasteiger partial charge in [0, 0.05) is 0 Å². The number of rotatable bonds is 1. The van der Waals surface area contributed by atoms with E-state index in [0.29, 0.717) is 0 Å². The molecule has 1 radical (unpaired) electrons. The Labute approximate surface area is 40.5 Å². The van der Waals surface area contributed by atoms with Crippen molar-refractivity contribution >= 4 is 22.3 Å². The Balaban J connectivity index is 1.97. The van der Waals surface area contributed by atoms with Gasteiger partial charge in [-0.15, -0.1) is 0 Å². The second kappa shape index (κ2) is 3.79. The zero-order valence-corrected chi connectivity index (χ0v) is 5.15. The van der Waals surface area contributed by atoms with Crippen molar-refractivity contribution in [1.82, 2.24) is 0 Å². The third-order valence-corrected chi connectivity index (χ3v) is 1.37. The van der Waals surface area contributed by atoms with Gasteiger partial charge in [-0.25, -0.2) is 0 Å². The summed E-state index contributed by atoms with van der Waals surface area (Å²) in [5, 5.41) is 0. The van der Waals surface area contributed by atoms with Crippen LogP contribution in [0.5, 0.6) is 0 Å². The molecule has 0 amide bonds. The van der Waals surface area contributed by atoms with Crippen molar-refractivity contribution in [3.8, 4) is 0 Å². The molecule has 0 fully saturated rings. The van der Waals surface area contributed by atoms with E-state index in [4.69, 9.17) is 0 Å². The predicted octanol–water partition coefficient (Wildman–Crippen LogP) is 0.983. The van der Waals surface area contributed by atoms with E-state index < -0.39 is 0 Å². The standard InChI is InChI=1S/C3H7Te/c1-2-3-4/h2-3H2,1H3. The molecule has 0 saturated carbocycles. The van der Waals surface area contributed by atoms with E-state index in [1.165, 1.54) is 10.9 Å². The maximum absolute atomic E-state index is 2.18. The van der Waals surface area contributed by atoms with Crippen LogP contribution in [0.2, 0.25) is 4.47 Å². The van der Waals surface area contributed by atoms with E-state index in [-0.39, 0.29) is 0 Å². The van der Waals surface area contributed by atoms with Crippen LogP contribution in [0.4, 0.5) is 0 Å². The zero-order chi connectivity index (χ0) is 3.41. The van der Waals surface area contributed by atoms with E-state index >= 15 is 0 Å². The van der Waals surface area contributed by atoms with Crippen LogP contribution in [-0.4, -0.2) is 22.3 Å². The molecule has 0 nitrogen and oxygen atoms in total. The molecule has 0 N–H and O–H groups in total. The number of hydrogen-bond donors (Lipinski definition) is 0. The van der Waals surface area contributed by atoms with Crippen molar-refractivity contribution in [2.75, 3.05) is 0 Å². The molecule has 0 unspecified atom stereocenters. The van der Waals surface area contributed by atoms with Gasteiger partial charge in [0.15, 0.2) is 0 Å². The quantitative estimate of drug-likeness (QED) is 0.515. The van der Waals surface area contributed by atoms with Crippen LogP contribution in [0.15, 0.2) is 0 Å². The average molecular weight is 171 g/mol. The zero-order valence-electron chi connectivity index (χ0n) is 2.82. The first-order valence-electron chi connectivity index (χ1n) is 1.50. The Morgan fingerprint density at radius 3 is 2.00 bits per heavy atom. The summed E-state index contributed by atoms with van der Waals surface area (Å²) in [6.45, 7) is 2.18. The molecule has 0 rings (SSSR count).